The topological polar surface area (TPSA) is 78.7 Å². The number of anilines is 1. The molecule has 6 rings (SSSR count). The summed E-state index contributed by atoms with van der Waals surface area (Å²) in [6, 6.07) is 0.639. The molecule has 1 saturated carbocycles. The number of amides is 1. The van der Waals surface area contributed by atoms with Crippen LogP contribution in [0.3, 0.4) is 0 Å². The molecule has 154 valence electrons. The Morgan fingerprint density at radius 2 is 2.20 bits per heavy atom. The van der Waals surface area contributed by atoms with E-state index >= 15 is 0 Å². The van der Waals surface area contributed by atoms with Crippen LogP contribution < -0.4 is 10.3 Å². The number of carbonyl (C=O) groups is 1. The van der Waals surface area contributed by atoms with E-state index in [4.69, 9.17) is 6.85 Å². The molecule has 1 aliphatic carbocycles. The number of halogens is 1. The van der Waals surface area contributed by atoms with Crippen molar-refractivity contribution >= 4 is 17.4 Å². The normalized spacial score (nSPS) is 29.1. The number of rotatable bonds is 1. The molecule has 2 fully saturated rings. The molecule has 5 heterocycles. The second kappa shape index (κ2) is 6.73. The number of hydrazine groups is 1. The smallest absolute Gasteiger partial charge is 0.271 e. The van der Waals surface area contributed by atoms with Gasteiger partial charge >= 0.3 is 0 Å². The van der Waals surface area contributed by atoms with Gasteiger partial charge in [0.1, 0.15) is 17.2 Å². The zero-order chi connectivity index (χ0) is 24.8. The summed E-state index contributed by atoms with van der Waals surface area (Å²) in [5.74, 6) is -0.564. The maximum Gasteiger partial charge on any atom is 0.271 e. The summed E-state index contributed by atoms with van der Waals surface area (Å²) in [5.41, 5.74) is 4.11. The van der Waals surface area contributed by atoms with Gasteiger partial charge in [-0.05, 0) is 43.3 Å². The minimum absolute atomic E-state index is 0.109. The quantitative estimate of drug-likeness (QED) is 0.661. The molecular weight excluding hydrogens is 385 g/mol. The van der Waals surface area contributed by atoms with Gasteiger partial charge in [-0.15, -0.1) is 0 Å². The fourth-order valence-electron chi connectivity index (χ4n) is 4.31. The van der Waals surface area contributed by atoms with E-state index in [0.717, 1.165) is 24.0 Å². The maximum absolute atomic E-state index is 14.3. The first-order valence-corrected chi connectivity index (χ1v) is 9.90. The van der Waals surface area contributed by atoms with Crippen molar-refractivity contribution in [2.24, 2.45) is 0 Å². The minimum Gasteiger partial charge on any atom is -0.349 e. The fourth-order valence-corrected chi connectivity index (χ4v) is 4.31. The summed E-state index contributed by atoms with van der Waals surface area (Å²) in [7, 11) is 0. The van der Waals surface area contributed by atoms with Crippen molar-refractivity contribution in [3.05, 3.63) is 53.4 Å². The summed E-state index contributed by atoms with van der Waals surface area (Å²) in [4.78, 5) is 24.3. The molecule has 2 bridgehead atoms. The highest BCUT2D eigenvalue weighted by atomic mass is 19.1. The largest absolute Gasteiger partial charge is 0.349 e. The zero-order valence-electron chi connectivity index (χ0n) is 21.0. The lowest BCUT2D eigenvalue weighted by molar-refractivity contribution is 0.0775. The Kier molecular flexibility index (Phi) is 2.98. The second-order valence-corrected chi connectivity index (χ2v) is 7.59. The molecule has 0 spiro atoms. The van der Waals surface area contributed by atoms with Gasteiger partial charge < -0.3 is 4.90 Å². The first kappa shape index (κ1) is 13.3. The van der Waals surface area contributed by atoms with Crippen LogP contribution in [-0.2, 0) is 6.42 Å². The van der Waals surface area contributed by atoms with Crippen LogP contribution in [0, 0.1) is 5.82 Å². The van der Waals surface area contributed by atoms with Crippen LogP contribution in [0.1, 0.15) is 60.1 Å². The van der Waals surface area contributed by atoms with Gasteiger partial charge in [0, 0.05) is 44.3 Å². The number of hydrogen-bond acceptors (Lipinski definition) is 6. The van der Waals surface area contributed by atoms with E-state index in [-0.39, 0.29) is 30.2 Å². The number of nitrogens with one attached hydrogen (secondary N) is 1. The van der Waals surface area contributed by atoms with E-state index in [1.165, 1.54) is 16.8 Å². The van der Waals surface area contributed by atoms with Crippen LogP contribution in [-0.4, -0.2) is 49.6 Å². The Morgan fingerprint density at radius 1 is 1.30 bits per heavy atom. The third kappa shape index (κ3) is 2.92. The third-order valence-corrected chi connectivity index (χ3v) is 5.79. The first-order chi connectivity index (χ1) is 16.6. The number of hydrogen-bond donors (Lipinski definition) is 1. The van der Waals surface area contributed by atoms with Gasteiger partial charge in [0.25, 0.3) is 5.91 Å². The van der Waals surface area contributed by atoms with E-state index in [1.54, 1.807) is 12.3 Å². The molecule has 9 heteroatoms. The molecule has 0 unspecified atom stereocenters. The third-order valence-electron chi connectivity index (χ3n) is 5.79. The molecule has 1 atom stereocenters. The van der Waals surface area contributed by atoms with Gasteiger partial charge in [0.15, 0.2) is 5.65 Å². The van der Waals surface area contributed by atoms with E-state index in [1.807, 2.05) is 0 Å². The average molecular weight is 412 g/mol. The summed E-state index contributed by atoms with van der Waals surface area (Å²) in [6.07, 6.45) is 0.780. The molecule has 30 heavy (non-hydrogen) atoms. The number of nitrogens with zero attached hydrogens (tertiary/aromatic N) is 6. The van der Waals surface area contributed by atoms with Gasteiger partial charge in [0.05, 0.1) is 18.4 Å². The SMILES string of the molecule is [2H]C1([2H])C([2H])([2H])C1([2H])N1CCc2ncc(F)cc2[C@H]2CCCN2c2ccn3ncc(c3n2)C(=O)N1. The van der Waals surface area contributed by atoms with Gasteiger partial charge in [-0.25, -0.2) is 18.9 Å². The van der Waals surface area contributed by atoms with Gasteiger partial charge in [-0.1, -0.05) is 0 Å². The van der Waals surface area contributed by atoms with Crippen molar-refractivity contribution in [2.45, 2.75) is 44.1 Å². The van der Waals surface area contributed by atoms with Crippen molar-refractivity contribution in [3.63, 3.8) is 0 Å². The summed E-state index contributed by atoms with van der Waals surface area (Å²) >= 11 is 0. The predicted octanol–water partition coefficient (Wildman–Crippen LogP) is 2.27. The molecular formula is C21H22FN7O. The molecule has 0 radical (unpaired) electrons. The highest BCUT2D eigenvalue weighted by Gasteiger charge is 2.34. The fraction of sp³-hybridized carbons (Fsp3) is 0.429. The summed E-state index contributed by atoms with van der Waals surface area (Å²) < 4.78 is 56.8. The second-order valence-electron chi connectivity index (χ2n) is 7.59. The molecule has 2 aliphatic heterocycles. The van der Waals surface area contributed by atoms with Crippen molar-refractivity contribution in [3.8, 4) is 0 Å². The number of pyridine rings is 1. The minimum atomic E-state index is -2.53. The molecule has 3 aromatic rings. The van der Waals surface area contributed by atoms with Crippen LogP contribution in [0.4, 0.5) is 10.2 Å². The summed E-state index contributed by atoms with van der Waals surface area (Å²) in [6.45, 7) is 0.573. The number of carbonyl (C=O) groups excluding carboxylic acids is 1. The summed E-state index contributed by atoms with van der Waals surface area (Å²) in [5, 5.41) is 5.17. The predicted molar refractivity (Wildman–Crippen MR) is 107 cm³/mol. The number of fused-ring (bicyclic) bond motifs is 5. The Morgan fingerprint density at radius 3 is 3.07 bits per heavy atom. The highest BCUT2D eigenvalue weighted by Crippen LogP contribution is 2.37. The Balaban J connectivity index is 1.52. The van der Waals surface area contributed by atoms with Crippen LogP contribution in [0.5, 0.6) is 0 Å². The first-order valence-electron chi connectivity index (χ1n) is 12.4. The van der Waals surface area contributed by atoms with Crippen LogP contribution in [0.25, 0.3) is 5.65 Å². The molecule has 1 N–H and O–H groups in total. The molecule has 3 aromatic heterocycles. The monoisotopic (exact) mass is 412 g/mol. The molecule has 0 aromatic carbocycles. The van der Waals surface area contributed by atoms with Gasteiger partial charge in [0.2, 0.25) is 0 Å². The molecule has 8 nitrogen and oxygen atoms in total. The molecule has 1 saturated heterocycles. The Bertz CT molecular complexity index is 1350. The highest BCUT2D eigenvalue weighted by molar-refractivity contribution is 5.99. The van der Waals surface area contributed by atoms with Crippen LogP contribution >= 0.6 is 0 Å². The van der Waals surface area contributed by atoms with Crippen molar-refractivity contribution in [1.29, 1.82) is 0 Å². The Labute approximate surface area is 179 Å². The van der Waals surface area contributed by atoms with Crippen LogP contribution in [0.15, 0.2) is 30.7 Å². The van der Waals surface area contributed by atoms with Crippen molar-refractivity contribution in [2.75, 3.05) is 18.0 Å². The van der Waals surface area contributed by atoms with Crippen LogP contribution in [0.2, 0.25) is 0 Å². The van der Waals surface area contributed by atoms with E-state index in [0.29, 0.717) is 23.6 Å². The van der Waals surface area contributed by atoms with E-state index < -0.39 is 30.5 Å². The Hall–Kier alpha value is -3.07. The lowest BCUT2D eigenvalue weighted by atomic mass is 10.0. The van der Waals surface area contributed by atoms with Crippen molar-refractivity contribution < 1.29 is 16.0 Å². The van der Waals surface area contributed by atoms with E-state index in [9.17, 15) is 9.18 Å². The standard InChI is InChI=1S/C21H22FN7O/c22-13-10-15-17(23-11-13)5-8-28(14-3-4-14)26-21(30)16-12-24-29-9-6-19(25-20(16)29)27-7-1-2-18(15)27/h6,9-12,14,18H,1-5,7-8H2,(H,26,30)/t18-/m1/s1/i3D2,4D2,14D. The van der Waals surface area contributed by atoms with Gasteiger partial charge in [-0.2, -0.15) is 5.10 Å². The lowest BCUT2D eigenvalue weighted by Crippen LogP contribution is -2.45. The lowest BCUT2D eigenvalue weighted by Gasteiger charge is -2.28. The average Bonchev–Trinajstić information content (AvgIpc) is 3.34. The van der Waals surface area contributed by atoms with E-state index in [2.05, 4.69) is 25.4 Å². The zero-order valence-corrected chi connectivity index (χ0v) is 16.0. The number of aromatic nitrogens is 4. The molecule has 1 amide bonds. The molecule has 3 aliphatic rings. The maximum atomic E-state index is 14.3. The van der Waals surface area contributed by atoms with Gasteiger partial charge in [-0.3, -0.25) is 15.2 Å². The van der Waals surface area contributed by atoms with Crippen molar-refractivity contribution in [1.82, 2.24) is 30.0 Å².